The van der Waals surface area contributed by atoms with Gasteiger partial charge in [-0.15, -0.1) is 0 Å². The highest BCUT2D eigenvalue weighted by atomic mass is 35.6. The number of alkyl halides is 12. The maximum atomic E-state index is 13.6. The first-order valence-corrected chi connectivity index (χ1v) is 6.45. The second kappa shape index (κ2) is 5.65. The minimum atomic E-state index is -4.66. The van der Waals surface area contributed by atoms with E-state index in [4.69, 9.17) is 81.2 Å². The second-order valence-corrected chi connectivity index (χ2v) is 7.76. The van der Waals surface area contributed by atoms with Crippen LogP contribution in [0.1, 0.15) is 0 Å². The summed E-state index contributed by atoms with van der Waals surface area (Å²) in [6.07, 6.45) is 0. The van der Waals surface area contributed by atoms with Gasteiger partial charge < -0.3 is 0 Å². The first-order chi connectivity index (χ1) is 7.46. The molecule has 0 N–H and O–H groups in total. The third-order valence-corrected chi connectivity index (χ3v) is 4.68. The zero-order chi connectivity index (χ0) is 15.2. The fourth-order valence-corrected chi connectivity index (χ4v) is 1.18. The van der Waals surface area contributed by atoms with E-state index in [1.807, 2.05) is 0 Å². The quantitative estimate of drug-likeness (QED) is 0.383. The van der Waals surface area contributed by atoms with E-state index < -0.39 is 24.1 Å². The third kappa shape index (κ3) is 4.25. The van der Waals surface area contributed by atoms with Gasteiger partial charge in [0.15, 0.2) is 0 Å². The Morgan fingerprint density at radius 3 is 1.17 bits per heavy atom. The van der Waals surface area contributed by atoms with Crippen molar-refractivity contribution in [2.75, 3.05) is 0 Å². The van der Waals surface area contributed by atoms with Crippen LogP contribution in [0.5, 0.6) is 0 Å². The van der Waals surface area contributed by atoms with Crippen molar-refractivity contribution in [3.63, 3.8) is 0 Å². The van der Waals surface area contributed by atoms with Crippen LogP contribution in [-0.4, -0.2) is 24.1 Å². The van der Waals surface area contributed by atoms with Gasteiger partial charge in [-0.05, 0) is 34.8 Å². The van der Waals surface area contributed by atoms with Crippen LogP contribution >= 0.6 is 92.8 Å². The van der Waals surface area contributed by atoms with E-state index in [9.17, 15) is 17.6 Å². The second-order valence-electron chi connectivity index (χ2n) is 2.71. The van der Waals surface area contributed by atoms with E-state index in [0.717, 1.165) is 0 Å². The fraction of sp³-hybridized carbons (Fsp3) is 1.00. The van der Waals surface area contributed by atoms with Crippen molar-refractivity contribution < 1.29 is 22.3 Å². The number of halogens is 12. The molecule has 13 heteroatoms. The molecule has 110 valence electrons. The molecule has 0 aromatic heterocycles. The average molecular weight is 436 g/mol. The molecular weight excluding hydrogens is 436 g/mol. The predicted octanol–water partition coefficient (Wildman–Crippen LogP) is 6.10. The molecule has 0 aromatic carbocycles. The fourth-order valence-electron chi connectivity index (χ4n) is 0.448. The zero-order valence-corrected chi connectivity index (χ0v) is 13.5. The van der Waals surface area contributed by atoms with Gasteiger partial charge in [0.1, 0.15) is 0 Å². The molecule has 18 heavy (non-hydrogen) atoms. The van der Waals surface area contributed by atoms with Gasteiger partial charge >= 0.3 is 16.0 Å². The summed E-state index contributed by atoms with van der Waals surface area (Å²) in [5, 5.41) is -12.9. The van der Waals surface area contributed by atoms with Crippen LogP contribution in [0.2, 0.25) is 0 Å². The Balaban J connectivity index is 5.33. The Hall–Kier alpha value is 2.00. The first-order valence-electron chi connectivity index (χ1n) is 3.43. The Bertz CT molecular complexity index is 308. The van der Waals surface area contributed by atoms with Crippen LogP contribution in [0.4, 0.5) is 17.6 Å². The van der Waals surface area contributed by atoms with Gasteiger partial charge in [-0.2, -0.15) is 17.6 Å². The topological polar surface area (TPSA) is 9.23 Å². The molecule has 0 saturated heterocycles. The molecule has 0 bridgehead atoms. The number of rotatable bonds is 4. The van der Waals surface area contributed by atoms with Crippen molar-refractivity contribution in [1.29, 1.82) is 0 Å². The summed E-state index contributed by atoms with van der Waals surface area (Å²) in [4.78, 5) is 0. The van der Waals surface area contributed by atoms with E-state index in [0.29, 0.717) is 0 Å². The zero-order valence-electron chi connectivity index (χ0n) is 7.44. The molecule has 0 heterocycles. The van der Waals surface area contributed by atoms with Crippen molar-refractivity contribution in [1.82, 2.24) is 0 Å². The SMILES string of the molecule is FC(F)(Cl)C(Cl)(Cl)C(F)(Cl)OC(F)(Cl)C(Cl)(Cl)Cl. The van der Waals surface area contributed by atoms with Gasteiger partial charge in [0, 0.05) is 0 Å². The van der Waals surface area contributed by atoms with Crippen molar-refractivity contribution in [3.05, 3.63) is 0 Å². The van der Waals surface area contributed by atoms with E-state index in [1.165, 1.54) is 0 Å². The van der Waals surface area contributed by atoms with Gasteiger partial charge in [-0.3, -0.25) is 4.74 Å². The van der Waals surface area contributed by atoms with Crippen LogP contribution in [0.3, 0.4) is 0 Å². The summed E-state index contributed by atoms with van der Waals surface area (Å²) in [7, 11) is 0. The summed E-state index contributed by atoms with van der Waals surface area (Å²) >= 11 is 38.6. The summed E-state index contributed by atoms with van der Waals surface area (Å²) in [5.74, 6) is 0. The van der Waals surface area contributed by atoms with Crippen LogP contribution in [0.15, 0.2) is 0 Å². The van der Waals surface area contributed by atoms with Gasteiger partial charge in [0.25, 0.3) is 8.13 Å². The summed E-state index contributed by atoms with van der Waals surface area (Å²) in [5.41, 5.74) is 0. The van der Waals surface area contributed by atoms with Crippen LogP contribution in [0.25, 0.3) is 0 Å². The Morgan fingerprint density at radius 2 is 0.944 bits per heavy atom. The minimum Gasteiger partial charge on any atom is -0.277 e. The molecular formula is C5Cl8F4O. The molecule has 0 amide bonds. The highest BCUT2D eigenvalue weighted by Crippen LogP contribution is 2.57. The number of ether oxygens (including phenoxy) is 1. The molecule has 0 aliphatic carbocycles. The van der Waals surface area contributed by atoms with Gasteiger partial charge in [0.05, 0.1) is 0 Å². The Kier molecular flexibility index (Phi) is 6.28. The summed E-state index contributed by atoms with van der Waals surface area (Å²) < 4.78 is 49.0. The average Bonchev–Trinajstić information content (AvgIpc) is 1.96. The largest absolute Gasteiger partial charge is 0.361 e. The van der Waals surface area contributed by atoms with Crippen molar-refractivity contribution in [3.8, 4) is 0 Å². The molecule has 0 aliphatic rings. The van der Waals surface area contributed by atoms with E-state index in [-0.39, 0.29) is 0 Å². The lowest BCUT2D eigenvalue weighted by Gasteiger charge is -2.37. The molecule has 1 nitrogen and oxygen atoms in total. The molecule has 0 saturated carbocycles. The lowest BCUT2D eigenvalue weighted by molar-refractivity contribution is -0.211. The Labute approximate surface area is 138 Å². The number of hydrogen-bond donors (Lipinski definition) is 0. The predicted molar refractivity (Wildman–Crippen MR) is 66.0 cm³/mol. The summed E-state index contributed by atoms with van der Waals surface area (Å²) in [6, 6.07) is 0. The van der Waals surface area contributed by atoms with Crippen molar-refractivity contribution in [2.45, 2.75) is 24.1 Å². The van der Waals surface area contributed by atoms with Crippen molar-refractivity contribution >= 4 is 92.8 Å². The molecule has 0 fully saturated rings. The monoisotopic (exact) mass is 432 g/mol. The van der Waals surface area contributed by atoms with Crippen LogP contribution in [0, 0.1) is 0 Å². The standard InChI is InChI=1S/C5Cl8F4O/c6-1(7,3(11,14)15)4(12,16)18-5(13,17)2(8,9)10. The molecule has 2 unspecified atom stereocenters. The van der Waals surface area contributed by atoms with Crippen LogP contribution in [-0.2, 0) is 4.74 Å². The third-order valence-electron chi connectivity index (χ3n) is 1.31. The van der Waals surface area contributed by atoms with E-state index in [1.54, 1.807) is 0 Å². The van der Waals surface area contributed by atoms with E-state index in [2.05, 4.69) is 16.3 Å². The number of hydrogen-bond acceptors (Lipinski definition) is 1. The van der Waals surface area contributed by atoms with Gasteiger partial charge in [-0.1, -0.05) is 58.0 Å². The summed E-state index contributed by atoms with van der Waals surface area (Å²) in [6.45, 7) is 0. The lowest BCUT2D eigenvalue weighted by Crippen LogP contribution is -2.54. The molecule has 2 atom stereocenters. The maximum absolute atomic E-state index is 13.6. The van der Waals surface area contributed by atoms with E-state index >= 15 is 0 Å². The highest BCUT2D eigenvalue weighted by Gasteiger charge is 2.70. The van der Waals surface area contributed by atoms with Crippen LogP contribution < -0.4 is 0 Å². The van der Waals surface area contributed by atoms with Gasteiger partial charge in [-0.25, -0.2) is 0 Å². The highest BCUT2D eigenvalue weighted by molar-refractivity contribution is 6.70. The lowest BCUT2D eigenvalue weighted by atomic mass is 10.4. The minimum absolute atomic E-state index is 3.09. The molecule has 0 rings (SSSR count). The first kappa shape index (κ1) is 20.0. The molecule has 0 aliphatic heterocycles. The van der Waals surface area contributed by atoms with Crippen molar-refractivity contribution in [2.24, 2.45) is 0 Å². The normalized spacial score (nSPS) is 21.3. The van der Waals surface area contributed by atoms with Gasteiger partial charge in [0.2, 0.25) is 0 Å². The molecule has 0 aromatic rings. The molecule has 0 spiro atoms. The maximum Gasteiger partial charge on any atom is 0.361 e. The Morgan fingerprint density at radius 1 is 0.611 bits per heavy atom. The smallest absolute Gasteiger partial charge is 0.277 e. The molecule has 0 radical (unpaired) electrons.